The van der Waals surface area contributed by atoms with E-state index in [-0.39, 0.29) is 17.5 Å². The van der Waals surface area contributed by atoms with Crippen molar-refractivity contribution in [1.82, 2.24) is 10.2 Å². The zero-order chi connectivity index (χ0) is 21.3. The summed E-state index contributed by atoms with van der Waals surface area (Å²) in [4.78, 5) is 27.6. The second-order valence-corrected chi connectivity index (χ2v) is 6.56. The largest absolute Gasteiger partial charge is 0.497 e. The maximum Gasteiger partial charge on any atom is 0.270 e. The average Bonchev–Trinajstić information content (AvgIpc) is 3.30. The van der Waals surface area contributed by atoms with Crippen molar-refractivity contribution in [3.63, 3.8) is 0 Å². The molecule has 0 fully saturated rings. The number of amides is 2. The minimum atomic E-state index is -0.359. The quantitative estimate of drug-likeness (QED) is 0.574. The van der Waals surface area contributed by atoms with Crippen molar-refractivity contribution in [2.75, 3.05) is 13.7 Å². The highest BCUT2D eigenvalue weighted by molar-refractivity contribution is 6.05. The standard InChI is InChI=1S/C24H24N2O4/c1-3-26(17-18-11-13-20(29-2)14-12-18)24(28)22(16-21-10-7-15-30-21)25-23(27)19-8-5-4-6-9-19/h4-16H,3,17H2,1-2H3,(H,25,27)/b22-16-. The number of nitrogens with zero attached hydrogens (tertiary/aromatic N) is 1. The molecule has 1 heterocycles. The molecule has 0 aliphatic heterocycles. The van der Waals surface area contributed by atoms with Crippen LogP contribution in [-0.4, -0.2) is 30.4 Å². The van der Waals surface area contributed by atoms with E-state index in [4.69, 9.17) is 9.15 Å². The summed E-state index contributed by atoms with van der Waals surface area (Å²) in [6.07, 6.45) is 3.06. The number of furan rings is 1. The van der Waals surface area contributed by atoms with Crippen LogP contribution in [0.4, 0.5) is 0 Å². The topological polar surface area (TPSA) is 71.8 Å². The summed E-state index contributed by atoms with van der Waals surface area (Å²) in [5, 5.41) is 2.74. The van der Waals surface area contributed by atoms with E-state index < -0.39 is 0 Å². The highest BCUT2D eigenvalue weighted by Gasteiger charge is 2.20. The Morgan fingerprint density at radius 3 is 2.37 bits per heavy atom. The molecule has 0 bridgehead atoms. The Kier molecular flexibility index (Phi) is 7.05. The van der Waals surface area contributed by atoms with Gasteiger partial charge in [0.05, 0.1) is 13.4 Å². The number of hydrogen-bond donors (Lipinski definition) is 1. The molecule has 6 nitrogen and oxygen atoms in total. The van der Waals surface area contributed by atoms with E-state index in [1.807, 2.05) is 37.3 Å². The first kappa shape index (κ1) is 20.9. The van der Waals surface area contributed by atoms with E-state index in [0.717, 1.165) is 11.3 Å². The Morgan fingerprint density at radius 2 is 1.77 bits per heavy atom. The van der Waals surface area contributed by atoms with Crippen LogP contribution in [0.1, 0.15) is 28.6 Å². The molecule has 2 aromatic carbocycles. The van der Waals surface area contributed by atoms with Gasteiger partial charge in [0.2, 0.25) is 0 Å². The zero-order valence-corrected chi connectivity index (χ0v) is 17.0. The van der Waals surface area contributed by atoms with Gasteiger partial charge in [0.1, 0.15) is 17.2 Å². The highest BCUT2D eigenvalue weighted by atomic mass is 16.5. The fourth-order valence-corrected chi connectivity index (χ4v) is 2.90. The molecule has 0 radical (unpaired) electrons. The van der Waals surface area contributed by atoms with Gasteiger partial charge >= 0.3 is 0 Å². The molecule has 0 saturated carbocycles. The highest BCUT2D eigenvalue weighted by Crippen LogP contribution is 2.15. The molecule has 0 saturated heterocycles. The third kappa shape index (κ3) is 5.38. The van der Waals surface area contributed by atoms with Crippen molar-refractivity contribution in [2.24, 2.45) is 0 Å². The molecule has 154 valence electrons. The first-order valence-corrected chi connectivity index (χ1v) is 9.64. The van der Waals surface area contributed by atoms with Gasteiger partial charge in [-0.25, -0.2) is 0 Å². The molecular formula is C24H24N2O4. The number of likely N-dealkylation sites (N-methyl/N-ethyl adjacent to an activating group) is 1. The van der Waals surface area contributed by atoms with E-state index in [1.54, 1.807) is 54.5 Å². The third-order valence-corrected chi connectivity index (χ3v) is 4.55. The number of benzene rings is 2. The number of nitrogens with one attached hydrogen (secondary N) is 1. The van der Waals surface area contributed by atoms with Crippen LogP contribution < -0.4 is 10.1 Å². The molecule has 0 spiro atoms. The Hall–Kier alpha value is -3.80. The van der Waals surface area contributed by atoms with Crippen molar-refractivity contribution >= 4 is 17.9 Å². The fourth-order valence-electron chi connectivity index (χ4n) is 2.90. The van der Waals surface area contributed by atoms with Gasteiger partial charge in [0.15, 0.2) is 0 Å². The van der Waals surface area contributed by atoms with E-state index >= 15 is 0 Å². The Morgan fingerprint density at radius 1 is 1.03 bits per heavy atom. The smallest absolute Gasteiger partial charge is 0.270 e. The molecule has 0 aliphatic rings. The molecule has 3 aromatic rings. The molecule has 0 unspecified atom stereocenters. The van der Waals surface area contributed by atoms with Crippen LogP contribution in [0, 0.1) is 0 Å². The van der Waals surface area contributed by atoms with Crippen molar-refractivity contribution in [2.45, 2.75) is 13.5 Å². The number of hydrogen-bond acceptors (Lipinski definition) is 4. The summed E-state index contributed by atoms with van der Waals surface area (Å²) in [5.74, 6) is 0.574. The monoisotopic (exact) mass is 404 g/mol. The van der Waals surface area contributed by atoms with E-state index in [2.05, 4.69) is 5.32 Å². The molecular weight excluding hydrogens is 380 g/mol. The maximum absolute atomic E-state index is 13.3. The van der Waals surface area contributed by atoms with Gasteiger partial charge in [0.25, 0.3) is 11.8 Å². The summed E-state index contributed by atoms with van der Waals surface area (Å²) in [6, 6.07) is 19.7. The Labute approximate surface area is 175 Å². The van der Waals surface area contributed by atoms with Gasteiger partial charge in [-0.1, -0.05) is 30.3 Å². The van der Waals surface area contributed by atoms with Crippen LogP contribution in [0.5, 0.6) is 5.75 Å². The number of methoxy groups -OCH3 is 1. The lowest BCUT2D eigenvalue weighted by molar-refractivity contribution is -0.127. The van der Waals surface area contributed by atoms with Crippen LogP contribution in [0.25, 0.3) is 6.08 Å². The number of rotatable bonds is 8. The summed E-state index contributed by atoms with van der Waals surface area (Å²) in [7, 11) is 1.61. The van der Waals surface area contributed by atoms with Crippen LogP contribution in [0.2, 0.25) is 0 Å². The molecule has 30 heavy (non-hydrogen) atoms. The lowest BCUT2D eigenvalue weighted by Crippen LogP contribution is -2.38. The minimum Gasteiger partial charge on any atom is -0.497 e. The third-order valence-electron chi connectivity index (χ3n) is 4.55. The van der Waals surface area contributed by atoms with Crippen molar-refractivity contribution in [3.05, 3.63) is 95.6 Å². The zero-order valence-electron chi connectivity index (χ0n) is 17.0. The van der Waals surface area contributed by atoms with Crippen LogP contribution in [0.15, 0.2) is 83.1 Å². The van der Waals surface area contributed by atoms with Gasteiger partial charge in [-0.15, -0.1) is 0 Å². The van der Waals surface area contributed by atoms with Crippen molar-refractivity contribution in [3.8, 4) is 5.75 Å². The van der Waals surface area contributed by atoms with Crippen LogP contribution in [0.3, 0.4) is 0 Å². The Bertz CT molecular complexity index is 993. The lowest BCUT2D eigenvalue weighted by atomic mass is 10.1. The molecule has 1 N–H and O–H groups in total. The summed E-state index contributed by atoms with van der Waals surface area (Å²) in [6.45, 7) is 2.77. The normalized spacial score (nSPS) is 11.1. The molecule has 0 atom stereocenters. The molecule has 2 amide bonds. The van der Waals surface area contributed by atoms with E-state index in [1.165, 1.54) is 6.26 Å². The summed E-state index contributed by atoms with van der Waals surface area (Å²) >= 11 is 0. The van der Waals surface area contributed by atoms with Gasteiger partial charge in [0, 0.05) is 24.7 Å². The summed E-state index contributed by atoms with van der Waals surface area (Å²) < 4.78 is 10.5. The van der Waals surface area contributed by atoms with E-state index in [0.29, 0.717) is 24.4 Å². The van der Waals surface area contributed by atoms with Crippen LogP contribution in [-0.2, 0) is 11.3 Å². The minimum absolute atomic E-state index is 0.147. The second-order valence-electron chi connectivity index (χ2n) is 6.56. The Balaban J connectivity index is 1.83. The molecule has 0 aliphatic carbocycles. The van der Waals surface area contributed by atoms with Gasteiger partial charge in [-0.05, 0) is 48.9 Å². The number of ether oxygens (including phenoxy) is 1. The maximum atomic E-state index is 13.3. The molecule has 3 rings (SSSR count). The van der Waals surface area contributed by atoms with Gasteiger partial charge < -0.3 is 19.4 Å². The SMILES string of the molecule is CCN(Cc1ccc(OC)cc1)C(=O)/C(=C/c1ccco1)NC(=O)c1ccccc1. The molecule has 1 aromatic heterocycles. The summed E-state index contributed by atoms with van der Waals surface area (Å²) in [5.41, 5.74) is 1.57. The lowest BCUT2D eigenvalue weighted by Gasteiger charge is -2.23. The van der Waals surface area contributed by atoms with Gasteiger partial charge in [-0.3, -0.25) is 9.59 Å². The first-order valence-electron chi connectivity index (χ1n) is 9.64. The predicted molar refractivity (Wildman–Crippen MR) is 115 cm³/mol. The average molecular weight is 404 g/mol. The molecule has 6 heteroatoms. The predicted octanol–water partition coefficient (Wildman–Crippen LogP) is 4.11. The van der Waals surface area contributed by atoms with Gasteiger partial charge in [-0.2, -0.15) is 0 Å². The van der Waals surface area contributed by atoms with Crippen LogP contribution >= 0.6 is 0 Å². The van der Waals surface area contributed by atoms with Crippen molar-refractivity contribution in [1.29, 1.82) is 0 Å². The van der Waals surface area contributed by atoms with Crippen molar-refractivity contribution < 1.29 is 18.7 Å². The van der Waals surface area contributed by atoms with E-state index in [9.17, 15) is 9.59 Å². The second kappa shape index (κ2) is 10.1. The number of carbonyl (C=O) groups excluding carboxylic acids is 2. The fraction of sp³-hybridized carbons (Fsp3) is 0.167. The first-order chi connectivity index (χ1) is 14.6. The number of carbonyl (C=O) groups is 2.